The van der Waals surface area contributed by atoms with Crippen molar-refractivity contribution in [3.63, 3.8) is 0 Å². The molecule has 8 nitrogen and oxygen atoms in total. The average Bonchev–Trinajstić information content (AvgIpc) is 2.94. The number of hydrogen-bond acceptors (Lipinski definition) is 6. The minimum absolute atomic E-state index is 0.120. The zero-order valence-electron chi connectivity index (χ0n) is 21.0. The van der Waals surface area contributed by atoms with Crippen LogP contribution in [0.5, 0.6) is 5.75 Å². The Balaban J connectivity index is 1.67. The summed E-state index contributed by atoms with van der Waals surface area (Å²) in [5, 5.41) is 25.2. The highest BCUT2D eigenvalue weighted by molar-refractivity contribution is 6.00. The van der Waals surface area contributed by atoms with Crippen LogP contribution in [0, 0.1) is 0 Å². The topological polar surface area (TPSA) is 117 Å². The Morgan fingerprint density at radius 3 is 2.39 bits per heavy atom. The van der Waals surface area contributed by atoms with Crippen LogP contribution in [0.2, 0.25) is 0 Å². The molecule has 4 N–H and O–H groups in total. The molecule has 2 amide bonds. The van der Waals surface area contributed by atoms with Gasteiger partial charge in [-0.2, -0.15) is 0 Å². The van der Waals surface area contributed by atoms with Gasteiger partial charge >= 0.3 is 6.09 Å². The number of amides is 2. The summed E-state index contributed by atoms with van der Waals surface area (Å²) in [6, 6.07) is 24.0. The van der Waals surface area contributed by atoms with Crippen molar-refractivity contribution >= 4 is 39.2 Å². The standard InChI is InChI=1S/C30H30N2O6/c1-2-37-27(16-7-8-17-28(34)32-36)29(24-18-19-26(33)23-14-6-5-13-22(23)24)38-30(35)31-25-15-9-11-20-10-3-4-12-21(20)25/h3-6,8-15,17-19,27,29,33,36H,2,7,16H2,1H3,(H,31,35)(H,32,34)/b17-8+/t27-,29-/m0/s1. The van der Waals surface area contributed by atoms with Crippen molar-refractivity contribution in [2.45, 2.75) is 32.0 Å². The molecule has 38 heavy (non-hydrogen) atoms. The molecule has 0 aliphatic carbocycles. The number of benzene rings is 4. The maximum Gasteiger partial charge on any atom is 0.412 e. The molecule has 0 aromatic heterocycles. The number of phenols is 1. The van der Waals surface area contributed by atoms with Crippen molar-refractivity contribution in [3.05, 3.63) is 96.6 Å². The van der Waals surface area contributed by atoms with Crippen LogP contribution in [0.3, 0.4) is 0 Å². The summed E-state index contributed by atoms with van der Waals surface area (Å²) in [4.78, 5) is 24.6. The molecule has 0 unspecified atom stereocenters. The molecule has 4 aromatic carbocycles. The first-order valence-electron chi connectivity index (χ1n) is 12.4. The minimum Gasteiger partial charge on any atom is -0.507 e. The number of anilines is 1. The highest BCUT2D eigenvalue weighted by Gasteiger charge is 2.29. The summed E-state index contributed by atoms with van der Waals surface area (Å²) in [7, 11) is 0. The summed E-state index contributed by atoms with van der Waals surface area (Å²) < 4.78 is 12.1. The fraction of sp³-hybridized carbons (Fsp3) is 0.200. The molecule has 0 fully saturated rings. The Bertz CT molecular complexity index is 1450. The van der Waals surface area contributed by atoms with Crippen LogP contribution in [-0.4, -0.2) is 35.0 Å². The third-order valence-electron chi connectivity index (χ3n) is 6.22. The van der Waals surface area contributed by atoms with Gasteiger partial charge in [0.05, 0.1) is 11.8 Å². The average molecular weight is 515 g/mol. The zero-order valence-corrected chi connectivity index (χ0v) is 21.0. The number of carbonyl (C=O) groups excluding carboxylic acids is 2. The second-order valence-corrected chi connectivity index (χ2v) is 8.65. The van der Waals surface area contributed by atoms with Crippen LogP contribution in [0.4, 0.5) is 10.5 Å². The molecule has 8 heteroatoms. The van der Waals surface area contributed by atoms with Gasteiger partial charge in [-0.15, -0.1) is 0 Å². The van der Waals surface area contributed by atoms with Gasteiger partial charge in [0.2, 0.25) is 0 Å². The number of nitrogens with one attached hydrogen (secondary N) is 2. The van der Waals surface area contributed by atoms with Crippen molar-refractivity contribution in [3.8, 4) is 5.75 Å². The molecular formula is C30H30N2O6. The van der Waals surface area contributed by atoms with Crippen LogP contribution in [0.1, 0.15) is 31.4 Å². The van der Waals surface area contributed by atoms with Gasteiger partial charge in [0.1, 0.15) is 5.75 Å². The lowest BCUT2D eigenvalue weighted by atomic mass is 9.94. The van der Waals surface area contributed by atoms with E-state index in [9.17, 15) is 14.7 Å². The van der Waals surface area contributed by atoms with Crippen molar-refractivity contribution in [1.29, 1.82) is 0 Å². The van der Waals surface area contributed by atoms with Gasteiger partial charge in [-0.25, -0.2) is 10.3 Å². The summed E-state index contributed by atoms with van der Waals surface area (Å²) in [5.74, 6) is -0.515. The van der Waals surface area contributed by atoms with Gasteiger partial charge in [0.25, 0.3) is 5.91 Å². The molecule has 0 aliphatic heterocycles. The van der Waals surface area contributed by atoms with E-state index < -0.39 is 24.2 Å². The Morgan fingerprint density at radius 2 is 1.63 bits per heavy atom. The summed E-state index contributed by atoms with van der Waals surface area (Å²) in [6.07, 6.45) is 1.65. The van der Waals surface area contributed by atoms with Gasteiger partial charge in [-0.1, -0.05) is 72.8 Å². The van der Waals surface area contributed by atoms with Crippen molar-refractivity contribution < 1.29 is 29.4 Å². The number of hydrogen-bond donors (Lipinski definition) is 4. The summed E-state index contributed by atoms with van der Waals surface area (Å²) in [5.41, 5.74) is 2.86. The van der Waals surface area contributed by atoms with E-state index in [0.29, 0.717) is 36.1 Å². The summed E-state index contributed by atoms with van der Waals surface area (Å²) >= 11 is 0. The van der Waals surface area contributed by atoms with Crippen LogP contribution in [-0.2, 0) is 14.3 Å². The molecule has 0 bridgehead atoms. The molecule has 4 rings (SSSR count). The number of rotatable bonds is 10. The first-order valence-corrected chi connectivity index (χ1v) is 12.4. The molecule has 0 saturated carbocycles. The fourth-order valence-corrected chi connectivity index (χ4v) is 4.51. The van der Waals surface area contributed by atoms with Crippen LogP contribution >= 0.6 is 0 Å². The Labute approximate surface area is 220 Å². The molecule has 4 aromatic rings. The van der Waals surface area contributed by atoms with E-state index >= 15 is 0 Å². The number of aromatic hydroxyl groups is 1. The normalized spacial score (nSPS) is 12.9. The lowest BCUT2D eigenvalue weighted by molar-refractivity contribution is -0.124. The van der Waals surface area contributed by atoms with Crippen molar-refractivity contribution in [2.75, 3.05) is 11.9 Å². The largest absolute Gasteiger partial charge is 0.507 e. The zero-order chi connectivity index (χ0) is 26.9. The van der Waals surface area contributed by atoms with E-state index in [1.807, 2.05) is 67.6 Å². The lowest BCUT2D eigenvalue weighted by Crippen LogP contribution is -2.29. The van der Waals surface area contributed by atoms with Gasteiger partial charge in [0, 0.05) is 29.0 Å². The number of allylic oxidation sites excluding steroid dienone is 1. The molecular weight excluding hydrogens is 484 g/mol. The van der Waals surface area contributed by atoms with Crippen LogP contribution in [0.25, 0.3) is 21.5 Å². The van der Waals surface area contributed by atoms with Gasteiger partial charge in [-0.05, 0) is 42.7 Å². The second kappa shape index (κ2) is 12.7. The van der Waals surface area contributed by atoms with Crippen LogP contribution in [0.15, 0.2) is 91.0 Å². The molecule has 0 spiro atoms. The third-order valence-corrected chi connectivity index (χ3v) is 6.22. The summed E-state index contributed by atoms with van der Waals surface area (Å²) in [6.45, 7) is 2.22. The third kappa shape index (κ3) is 6.29. The Hall–Kier alpha value is -4.40. The first kappa shape index (κ1) is 26.7. The molecule has 0 heterocycles. The smallest absolute Gasteiger partial charge is 0.412 e. The van der Waals surface area contributed by atoms with E-state index in [0.717, 1.165) is 16.2 Å². The van der Waals surface area contributed by atoms with E-state index in [1.54, 1.807) is 29.8 Å². The maximum absolute atomic E-state index is 13.3. The van der Waals surface area contributed by atoms with Gasteiger partial charge in [0.15, 0.2) is 6.10 Å². The molecule has 0 aliphatic rings. The van der Waals surface area contributed by atoms with E-state index in [2.05, 4.69) is 5.32 Å². The number of fused-ring (bicyclic) bond motifs is 2. The predicted molar refractivity (Wildman–Crippen MR) is 146 cm³/mol. The van der Waals surface area contributed by atoms with E-state index in [-0.39, 0.29) is 5.75 Å². The molecule has 2 atom stereocenters. The molecule has 0 radical (unpaired) electrons. The molecule has 196 valence electrons. The minimum atomic E-state index is -0.824. The van der Waals surface area contributed by atoms with Crippen LogP contribution < -0.4 is 10.8 Å². The second-order valence-electron chi connectivity index (χ2n) is 8.65. The van der Waals surface area contributed by atoms with Gasteiger partial charge in [-0.3, -0.25) is 15.3 Å². The monoisotopic (exact) mass is 514 g/mol. The first-order chi connectivity index (χ1) is 18.5. The number of phenolic OH excluding ortho intramolecular Hbond substituents is 1. The van der Waals surface area contributed by atoms with E-state index in [1.165, 1.54) is 6.08 Å². The quantitative estimate of drug-likeness (QED) is 0.113. The lowest BCUT2D eigenvalue weighted by Gasteiger charge is -2.28. The number of ether oxygens (including phenoxy) is 2. The SMILES string of the molecule is CCO[C@@H](CC/C=C/C(=O)NO)[C@@H](OC(=O)Nc1cccc2ccccc12)c1ccc(O)c2ccccc12. The number of hydroxylamine groups is 1. The van der Waals surface area contributed by atoms with Crippen molar-refractivity contribution in [2.24, 2.45) is 0 Å². The Morgan fingerprint density at radius 1 is 0.921 bits per heavy atom. The predicted octanol–water partition coefficient (Wildman–Crippen LogP) is 6.24. The van der Waals surface area contributed by atoms with E-state index in [4.69, 9.17) is 14.7 Å². The molecule has 0 saturated heterocycles. The van der Waals surface area contributed by atoms with Gasteiger partial charge < -0.3 is 14.6 Å². The number of carbonyl (C=O) groups is 2. The maximum atomic E-state index is 13.3. The highest BCUT2D eigenvalue weighted by Crippen LogP contribution is 2.36. The highest BCUT2D eigenvalue weighted by atomic mass is 16.6. The van der Waals surface area contributed by atoms with Crippen molar-refractivity contribution in [1.82, 2.24) is 5.48 Å². The Kier molecular flexibility index (Phi) is 8.92. The fourth-order valence-electron chi connectivity index (χ4n) is 4.51.